The van der Waals surface area contributed by atoms with Crippen molar-refractivity contribution >= 4 is 22.5 Å². The van der Waals surface area contributed by atoms with Gasteiger partial charge in [-0.25, -0.2) is 0 Å². The first kappa shape index (κ1) is 14.0. The van der Waals surface area contributed by atoms with Gasteiger partial charge in [0.2, 0.25) is 0 Å². The number of aromatic amines is 1. The fourth-order valence-electron chi connectivity index (χ4n) is 2.45. The second-order valence-electron chi connectivity index (χ2n) is 5.16. The Labute approximate surface area is 128 Å². The quantitative estimate of drug-likeness (QED) is 0.670. The lowest BCUT2D eigenvalue weighted by atomic mass is 10.1. The highest BCUT2D eigenvalue weighted by Crippen LogP contribution is 2.27. The van der Waals surface area contributed by atoms with Crippen molar-refractivity contribution in [2.24, 2.45) is 0 Å². The minimum absolute atomic E-state index is 0.125. The fourth-order valence-corrected chi connectivity index (χ4v) is 2.73. The van der Waals surface area contributed by atoms with Gasteiger partial charge < -0.3 is 15.4 Å². The molecule has 1 unspecified atom stereocenters. The maximum Gasteiger partial charge on any atom is 0.115 e. The van der Waals surface area contributed by atoms with Crippen molar-refractivity contribution in [1.82, 2.24) is 10.3 Å². The van der Waals surface area contributed by atoms with Gasteiger partial charge in [0.25, 0.3) is 0 Å². The molecule has 1 heterocycles. The third-order valence-electron chi connectivity index (χ3n) is 3.67. The number of hydrogen-bond acceptors (Lipinski definition) is 2. The van der Waals surface area contributed by atoms with Crippen LogP contribution in [-0.4, -0.2) is 10.1 Å². The molecule has 3 aromatic rings. The van der Waals surface area contributed by atoms with E-state index in [1.165, 1.54) is 0 Å². The third-order valence-corrected chi connectivity index (χ3v) is 4.10. The molecule has 1 aromatic heterocycles. The highest BCUT2D eigenvalue weighted by Gasteiger charge is 2.11. The molecule has 3 rings (SSSR count). The normalized spacial score (nSPS) is 12.7. The Bertz CT molecular complexity index is 766. The largest absolute Gasteiger partial charge is 0.508 e. The van der Waals surface area contributed by atoms with Crippen LogP contribution in [0.5, 0.6) is 5.75 Å². The summed E-state index contributed by atoms with van der Waals surface area (Å²) in [4.78, 5) is 3.34. The van der Waals surface area contributed by atoms with Crippen LogP contribution in [0.25, 0.3) is 10.9 Å². The molecule has 1 atom stereocenters. The lowest BCUT2D eigenvalue weighted by molar-refractivity contribution is 0.472. The average molecular weight is 301 g/mol. The van der Waals surface area contributed by atoms with Crippen molar-refractivity contribution in [3.63, 3.8) is 0 Å². The molecule has 0 saturated carbocycles. The topological polar surface area (TPSA) is 48.0 Å². The summed E-state index contributed by atoms with van der Waals surface area (Å²) in [6.07, 6.45) is 0. The molecule has 4 heteroatoms. The highest BCUT2D eigenvalue weighted by molar-refractivity contribution is 6.36. The van der Waals surface area contributed by atoms with Crippen LogP contribution in [0.15, 0.2) is 48.5 Å². The Morgan fingerprint density at radius 1 is 1.19 bits per heavy atom. The van der Waals surface area contributed by atoms with Gasteiger partial charge in [0.05, 0.1) is 5.02 Å². The van der Waals surface area contributed by atoms with E-state index in [9.17, 15) is 5.11 Å². The van der Waals surface area contributed by atoms with Crippen LogP contribution in [0.2, 0.25) is 5.02 Å². The number of rotatable bonds is 4. The summed E-state index contributed by atoms with van der Waals surface area (Å²) in [5.74, 6) is 0.282. The van der Waals surface area contributed by atoms with Crippen molar-refractivity contribution in [3.05, 3.63) is 64.8 Å². The molecule has 0 aliphatic rings. The number of benzene rings is 2. The average Bonchev–Trinajstić information content (AvgIpc) is 2.82. The van der Waals surface area contributed by atoms with E-state index in [4.69, 9.17) is 11.6 Å². The second kappa shape index (κ2) is 5.80. The maximum absolute atomic E-state index is 9.53. The number of halogens is 1. The van der Waals surface area contributed by atoms with Gasteiger partial charge in [-0.3, -0.25) is 0 Å². The zero-order chi connectivity index (χ0) is 14.8. The predicted octanol–water partition coefficient (Wildman–Crippen LogP) is 4.38. The summed E-state index contributed by atoms with van der Waals surface area (Å²) in [5.41, 5.74) is 3.07. The molecule has 108 valence electrons. The number of aromatic hydroxyl groups is 1. The number of fused-ring (bicyclic) bond motifs is 1. The van der Waals surface area contributed by atoms with Crippen LogP contribution in [0.1, 0.15) is 24.2 Å². The van der Waals surface area contributed by atoms with E-state index in [1.54, 1.807) is 12.1 Å². The fraction of sp³-hybridized carbons (Fsp3) is 0.176. The first-order valence-electron chi connectivity index (χ1n) is 6.92. The molecule has 0 bridgehead atoms. The van der Waals surface area contributed by atoms with E-state index in [0.717, 1.165) is 27.2 Å². The van der Waals surface area contributed by atoms with Crippen LogP contribution in [-0.2, 0) is 6.54 Å². The first-order valence-corrected chi connectivity index (χ1v) is 7.30. The zero-order valence-electron chi connectivity index (χ0n) is 11.7. The van der Waals surface area contributed by atoms with Crippen LogP contribution < -0.4 is 5.32 Å². The lowest BCUT2D eigenvalue weighted by Crippen LogP contribution is -2.18. The van der Waals surface area contributed by atoms with Gasteiger partial charge in [0, 0.05) is 29.2 Å². The van der Waals surface area contributed by atoms with E-state index >= 15 is 0 Å². The summed E-state index contributed by atoms with van der Waals surface area (Å²) in [5, 5.41) is 14.8. The molecule has 0 spiro atoms. The first-order chi connectivity index (χ1) is 10.1. The zero-order valence-corrected chi connectivity index (χ0v) is 12.5. The van der Waals surface area contributed by atoms with Crippen molar-refractivity contribution in [1.29, 1.82) is 0 Å². The number of hydrogen-bond donors (Lipinski definition) is 3. The molecule has 0 fully saturated rings. The van der Waals surface area contributed by atoms with Gasteiger partial charge >= 0.3 is 0 Å². The van der Waals surface area contributed by atoms with E-state index in [0.29, 0.717) is 6.54 Å². The number of phenolic OH excluding ortho intramolecular Hbond substituents is 1. The number of para-hydroxylation sites is 1. The number of phenols is 1. The van der Waals surface area contributed by atoms with E-state index in [2.05, 4.69) is 17.2 Å². The Hall–Kier alpha value is -1.97. The number of H-pyrrole nitrogens is 1. The Morgan fingerprint density at radius 3 is 2.76 bits per heavy atom. The molecule has 21 heavy (non-hydrogen) atoms. The van der Waals surface area contributed by atoms with Crippen LogP contribution >= 0.6 is 11.6 Å². The summed E-state index contributed by atoms with van der Waals surface area (Å²) in [6, 6.07) is 15.4. The van der Waals surface area contributed by atoms with Gasteiger partial charge in [-0.15, -0.1) is 0 Å². The summed E-state index contributed by atoms with van der Waals surface area (Å²) >= 11 is 6.40. The highest BCUT2D eigenvalue weighted by atomic mass is 35.5. The maximum atomic E-state index is 9.53. The minimum atomic E-state index is 0.125. The van der Waals surface area contributed by atoms with Gasteiger partial charge in [-0.05, 0) is 30.7 Å². The molecule has 3 nitrogen and oxygen atoms in total. The molecule has 0 saturated heterocycles. The monoisotopic (exact) mass is 300 g/mol. The Balaban J connectivity index is 1.75. The van der Waals surface area contributed by atoms with Crippen LogP contribution in [0.4, 0.5) is 0 Å². The molecule has 2 aromatic carbocycles. The van der Waals surface area contributed by atoms with Gasteiger partial charge in [0.1, 0.15) is 5.75 Å². The van der Waals surface area contributed by atoms with Gasteiger partial charge in [0.15, 0.2) is 0 Å². The minimum Gasteiger partial charge on any atom is -0.508 e. The van der Waals surface area contributed by atoms with Crippen molar-refractivity contribution in [2.75, 3.05) is 0 Å². The summed E-state index contributed by atoms with van der Waals surface area (Å²) < 4.78 is 0. The van der Waals surface area contributed by atoms with Crippen molar-refractivity contribution in [2.45, 2.75) is 19.5 Å². The number of nitrogens with one attached hydrogen (secondary N) is 2. The van der Waals surface area contributed by atoms with Crippen molar-refractivity contribution in [3.8, 4) is 5.75 Å². The smallest absolute Gasteiger partial charge is 0.115 e. The predicted molar refractivity (Wildman–Crippen MR) is 86.7 cm³/mol. The molecular formula is C17H17ClN2O. The Morgan fingerprint density at radius 2 is 2.00 bits per heavy atom. The van der Waals surface area contributed by atoms with Gasteiger partial charge in [-0.2, -0.15) is 0 Å². The lowest BCUT2D eigenvalue weighted by Gasteiger charge is -2.14. The van der Waals surface area contributed by atoms with Crippen molar-refractivity contribution < 1.29 is 5.11 Å². The molecule has 0 aliphatic heterocycles. The summed E-state index contributed by atoms with van der Waals surface area (Å²) in [6.45, 7) is 2.70. The Kier molecular flexibility index (Phi) is 3.86. The van der Waals surface area contributed by atoms with Crippen LogP contribution in [0.3, 0.4) is 0 Å². The number of aromatic nitrogens is 1. The standard InChI is InChI=1S/C17H17ClN2O/c1-11(12-5-4-6-13(21)9-12)19-10-16-17(18)14-7-2-3-8-15(14)20-16/h2-9,11,19-21H,10H2,1H3. The van der Waals surface area contributed by atoms with Gasteiger partial charge in [-0.1, -0.05) is 41.9 Å². The van der Waals surface area contributed by atoms with Crippen LogP contribution in [0, 0.1) is 0 Å². The second-order valence-corrected chi connectivity index (χ2v) is 5.54. The van der Waals surface area contributed by atoms with E-state index in [1.807, 2.05) is 36.4 Å². The van der Waals surface area contributed by atoms with E-state index < -0.39 is 0 Å². The molecule has 0 radical (unpaired) electrons. The molecular weight excluding hydrogens is 284 g/mol. The molecule has 0 aliphatic carbocycles. The SMILES string of the molecule is CC(NCc1[nH]c2ccccc2c1Cl)c1cccc(O)c1. The summed E-state index contributed by atoms with van der Waals surface area (Å²) in [7, 11) is 0. The molecule has 3 N–H and O–H groups in total. The third kappa shape index (κ3) is 2.89. The van der Waals surface area contributed by atoms with E-state index in [-0.39, 0.29) is 11.8 Å². The molecule has 0 amide bonds.